The number of urea groups is 1. The standard InChI is InChI=1S/C13H14N4O4/c18-11-13(15-12(19)14-11)6-1-7-16(8-13)9-2-4-10(5-3-9)17(20)21/h2-5H,1,6-8H2,(H2,14,15,18,19). The molecule has 2 aliphatic rings. The van der Waals surface area contributed by atoms with Crippen molar-refractivity contribution in [1.29, 1.82) is 0 Å². The minimum absolute atomic E-state index is 0.0254. The molecule has 2 N–H and O–H groups in total. The molecule has 2 saturated heterocycles. The number of nitro groups is 1. The van der Waals surface area contributed by atoms with Crippen LogP contribution in [0.15, 0.2) is 24.3 Å². The van der Waals surface area contributed by atoms with Crippen molar-refractivity contribution >= 4 is 23.3 Å². The summed E-state index contributed by atoms with van der Waals surface area (Å²) in [7, 11) is 0. The third-order valence-corrected chi connectivity index (χ3v) is 3.93. The van der Waals surface area contributed by atoms with Crippen LogP contribution in [0.25, 0.3) is 0 Å². The van der Waals surface area contributed by atoms with Crippen LogP contribution >= 0.6 is 0 Å². The third kappa shape index (κ3) is 2.28. The molecule has 1 unspecified atom stereocenters. The molecule has 1 aromatic carbocycles. The summed E-state index contributed by atoms with van der Waals surface area (Å²) < 4.78 is 0. The van der Waals surface area contributed by atoms with Crippen molar-refractivity contribution in [3.63, 3.8) is 0 Å². The van der Waals surface area contributed by atoms with Crippen molar-refractivity contribution in [2.45, 2.75) is 18.4 Å². The third-order valence-electron chi connectivity index (χ3n) is 3.93. The topological polar surface area (TPSA) is 105 Å². The summed E-state index contributed by atoms with van der Waals surface area (Å²) in [4.78, 5) is 35.5. The van der Waals surface area contributed by atoms with Crippen molar-refractivity contribution in [2.24, 2.45) is 0 Å². The number of hydrogen-bond donors (Lipinski definition) is 2. The molecule has 2 fully saturated rings. The smallest absolute Gasteiger partial charge is 0.322 e. The molecule has 2 aliphatic heterocycles. The highest BCUT2D eigenvalue weighted by atomic mass is 16.6. The minimum Gasteiger partial charge on any atom is -0.369 e. The lowest BCUT2D eigenvalue weighted by Gasteiger charge is -2.39. The Balaban J connectivity index is 1.81. The molecule has 0 bridgehead atoms. The van der Waals surface area contributed by atoms with Crippen molar-refractivity contribution in [2.75, 3.05) is 18.0 Å². The van der Waals surface area contributed by atoms with Gasteiger partial charge in [0, 0.05) is 24.4 Å². The number of rotatable bonds is 2. The lowest BCUT2D eigenvalue weighted by atomic mass is 9.89. The van der Waals surface area contributed by atoms with Crippen LogP contribution in [0.1, 0.15) is 12.8 Å². The molecule has 3 rings (SSSR count). The zero-order chi connectivity index (χ0) is 15.0. The molecule has 8 nitrogen and oxygen atoms in total. The maximum Gasteiger partial charge on any atom is 0.322 e. The van der Waals surface area contributed by atoms with E-state index < -0.39 is 16.5 Å². The predicted octanol–water partition coefficient (Wildman–Crippen LogP) is 0.773. The van der Waals surface area contributed by atoms with Gasteiger partial charge in [0.15, 0.2) is 0 Å². The van der Waals surface area contributed by atoms with Crippen molar-refractivity contribution in [3.05, 3.63) is 34.4 Å². The van der Waals surface area contributed by atoms with Crippen molar-refractivity contribution in [1.82, 2.24) is 10.6 Å². The van der Waals surface area contributed by atoms with Gasteiger partial charge in [-0.3, -0.25) is 20.2 Å². The second-order valence-electron chi connectivity index (χ2n) is 5.29. The van der Waals surface area contributed by atoms with Crippen LogP contribution in [0.3, 0.4) is 0 Å². The number of nitrogens with one attached hydrogen (secondary N) is 2. The van der Waals surface area contributed by atoms with Gasteiger partial charge in [-0.1, -0.05) is 0 Å². The van der Waals surface area contributed by atoms with E-state index >= 15 is 0 Å². The Morgan fingerprint density at radius 1 is 1.24 bits per heavy atom. The first-order valence-electron chi connectivity index (χ1n) is 6.63. The van der Waals surface area contributed by atoms with Gasteiger partial charge in [0.1, 0.15) is 5.54 Å². The average molecular weight is 290 g/mol. The van der Waals surface area contributed by atoms with Crippen LogP contribution in [-0.4, -0.2) is 35.5 Å². The van der Waals surface area contributed by atoms with Crippen molar-refractivity contribution < 1.29 is 14.5 Å². The Morgan fingerprint density at radius 3 is 2.52 bits per heavy atom. The lowest BCUT2D eigenvalue weighted by molar-refractivity contribution is -0.384. The van der Waals surface area contributed by atoms with Crippen LogP contribution in [0.5, 0.6) is 0 Å². The molecule has 3 amide bonds. The number of nitro benzene ring substituents is 1. The molecule has 1 atom stereocenters. The summed E-state index contributed by atoms with van der Waals surface area (Å²) in [5.41, 5.74) is -0.0667. The first-order chi connectivity index (χ1) is 10.00. The minimum atomic E-state index is -0.892. The van der Waals surface area contributed by atoms with Crippen LogP contribution in [0, 0.1) is 10.1 Å². The Labute approximate surface area is 120 Å². The van der Waals surface area contributed by atoms with Gasteiger partial charge in [0.05, 0.1) is 11.5 Å². The highest BCUT2D eigenvalue weighted by molar-refractivity contribution is 6.07. The molecular weight excluding hydrogens is 276 g/mol. The van der Waals surface area contributed by atoms with Gasteiger partial charge in [0.25, 0.3) is 11.6 Å². The SMILES string of the molecule is O=C1NC(=O)C2(CCCN(c3ccc([N+](=O)[O-])cc3)C2)N1. The number of nitrogens with zero attached hydrogens (tertiary/aromatic N) is 2. The van der Waals surface area contributed by atoms with E-state index in [2.05, 4.69) is 10.6 Å². The molecule has 110 valence electrons. The van der Waals surface area contributed by atoms with E-state index in [9.17, 15) is 19.7 Å². The van der Waals surface area contributed by atoms with E-state index in [0.717, 1.165) is 18.7 Å². The van der Waals surface area contributed by atoms with Gasteiger partial charge < -0.3 is 10.2 Å². The molecule has 0 radical (unpaired) electrons. The van der Waals surface area contributed by atoms with Crippen LogP contribution in [0.4, 0.5) is 16.2 Å². The highest BCUT2D eigenvalue weighted by Crippen LogP contribution is 2.29. The monoisotopic (exact) mass is 290 g/mol. The van der Waals surface area contributed by atoms with Gasteiger partial charge in [0.2, 0.25) is 0 Å². The number of carbonyl (C=O) groups is 2. The zero-order valence-electron chi connectivity index (χ0n) is 11.2. The van der Waals surface area contributed by atoms with E-state index in [-0.39, 0.29) is 11.6 Å². The fourth-order valence-corrected chi connectivity index (χ4v) is 2.88. The fourth-order valence-electron chi connectivity index (χ4n) is 2.88. The summed E-state index contributed by atoms with van der Waals surface area (Å²) in [6, 6.07) is 5.72. The molecule has 21 heavy (non-hydrogen) atoms. The summed E-state index contributed by atoms with van der Waals surface area (Å²) in [6.45, 7) is 1.10. The Hall–Kier alpha value is -2.64. The average Bonchev–Trinajstić information content (AvgIpc) is 2.73. The van der Waals surface area contributed by atoms with E-state index in [1.807, 2.05) is 4.90 Å². The predicted molar refractivity (Wildman–Crippen MR) is 73.9 cm³/mol. The second kappa shape index (κ2) is 4.72. The molecule has 1 aromatic rings. The fraction of sp³-hybridized carbons (Fsp3) is 0.385. The second-order valence-corrected chi connectivity index (χ2v) is 5.29. The van der Waals surface area contributed by atoms with Gasteiger partial charge in [-0.15, -0.1) is 0 Å². The van der Waals surface area contributed by atoms with Gasteiger partial charge >= 0.3 is 6.03 Å². The highest BCUT2D eigenvalue weighted by Gasteiger charge is 2.48. The Bertz CT molecular complexity index is 615. The lowest BCUT2D eigenvalue weighted by Crippen LogP contribution is -2.58. The number of benzene rings is 1. The van der Waals surface area contributed by atoms with Gasteiger partial charge in [-0.05, 0) is 25.0 Å². The number of anilines is 1. The van der Waals surface area contributed by atoms with Gasteiger partial charge in [-0.25, -0.2) is 4.79 Å². The molecular formula is C13H14N4O4. The summed E-state index contributed by atoms with van der Waals surface area (Å²) in [6.07, 6.45) is 1.35. The van der Waals surface area contributed by atoms with Crippen molar-refractivity contribution in [3.8, 4) is 0 Å². The molecule has 1 spiro atoms. The summed E-state index contributed by atoms with van der Waals surface area (Å²) >= 11 is 0. The normalized spacial score (nSPS) is 24.9. The van der Waals surface area contributed by atoms with E-state index in [1.54, 1.807) is 12.1 Å². The molecule has 0 saturated carbocycles. The first-order valence-corrected chi connectivity index (χ1v) is 6.63. The summed E-state index contributed by atoms with van der Waals surface area (Å²) in [5, 5.41) is 15.6. The van der Waals surface area contributed by atoms with E-state index in [1.165, 1.54) is 12.1 Å². The Kier molecular flexibility index (Phi) is 3.00. The molecule has 2 heterocycles. The molecule has 0 aliphatic carbocycles. The largest absolute Gasteiger partial charge is 0.369 e. The number of amides is 3. The maximum absolute atomic E-state index is 12.0. The number of hydrogen-bond acceptors (Lipinski definition) is 5. The number of imide groups is 1. The van der Waals surface area contributed by atoms with Gasteiger partial charge in [-0.2, -0.15) is 0 Å². The Morgan fingerprint density at radius 2 is 1.95 bits per heavy atom. The molecule has 0 aromatic heterocycles. The van der Waals surface area contributed by atoms with Crippen LogP contribution < -0.4 is 15.5 Å². The van der Waals surface area contributed by atoms with E-state index in [4.69, 9.17) is 0 Å². The van der Waals surface area contributed by atoms with Crippen LogP contribution in [0.2, 0.25) is 0 Å². The quantitative estimate of drug-likeness (QED) is 0.475. The number of carbonyl (C=O) groups excluding carboxylic acids is 2. The molecule has 8 heteroatoms. The number of piperidine rings is 1. The number of non-ortho nitro benzene ring substituents is 1. The van der Waals surface area contributed by atoms with E-state index in [0.29, 0.717) is 13.0 Å². The van der Waals surface area contributed by atoms with Crippen LogP contribution in [-0.2, 0) is 4.79 Å². The zero-order valence-corrected chi connectivity index (χ0v) is 11.2. The first kappa shape index (κ1) is 13.3. The maximum atomic E-state index is 12.0. The summed E-state index contributed by atoms with van der Waals surface area (Å²) in [5.74, 6) is -0.306.